The zero-order chi connectivity index (χ0) is 33.9. The maximum Gasteiger partial charge on any atom is 0.408 e. The van der Waals surface area contributed by atoms with Crippen molar-refractivity contribution in [3.63, 3.8) is 0 Å². The monoisotopic (exact) mass is 621 g/mol. The van der Waals surface area contributed by atoms with Crippen molar-refractivity contribution in [2.45, 2.75) is 90.6 Å². The van der Waals surface area contributed by atoms with Gasteiger partial charge in [0.05, 0.1) is 12.5 Å². The van der Waals surface area contributed by atoms with Crippen LogP contribution in [0.5, 0.6) is 0 Å². The van der Waals surface area contributed by atoms with E-state index in [1.807, 2.05) is 12.1 Å². The number of hydrogen-bond acceptors (Lipinski definition) is 8. The Morgan fingerprint density at radius 2 is 1.51 bits per heavy atom. The Balaban J connectivity index is 2.59. The molecule has 12 nitrogen and oxygen atoms in total. The fourth-order valence-electron chi connectivity index (χ4n) is 4.40. The topological polar surface area (TPSA) is 181 Å². The van der Waals surface area contributed by atoms with Gasteiger partial charge in [0.15, 0.2) is 0 Å². The summed E-state index contributed by atoms with van der Waals surface area (Å²) in [6.07, 6.45) is -1.54. The second-order valence-electron chi connectivity index (χ2n) is 12.6. The van der Waals surface area contributed by atoms with Gasteiger partial charge < -0.3 is 30.7 Å². The van der Waals surface area contributed by atoms with E-state index in [-0.39, 0.29) is 6.42 Å². The largest absolute Gasteiger partial charge is 0.458 e. The van der Waals surface area contributed by atoms with Crippen molar-refractivity contribution < 1.29 is 33.4 Å². The molecule has 0 fully saturated rings. The Bertz CT molecular complexity index is 1410. The predicted octanol–water partition coefficient (Wildman–Crippen LogP) is 3.23. The van der Waals surface area contributed by atoms with Gasteiger partial charge in [-0.3, -0.25) is 14.4 Å². The summed E-state index contributed by atoms with van der Waals surface area (Å²) in [5.41, 5.74) is 5.45. The smallest absolute Gasteiger partial charge is 0.408 e. The highest BCUT2D eigenvalue weighted by molar-refractivity contribution is 5.95. The van der Waals surface area contributed by atoms with E-state index in [0.717, 1.165) is 16.0 Å². The summed E-state index contributed by atoms with van der Waals surface area (Å²) < 4.78 is 10.9. The molecular formula is C33H43N5O7. The fourth-order valence-corrected chi connectivity index (χ4v) is 4.40. The van der Waals surface area contributed by atoms with Crippen LogP contribution in [0, 0.1) is 18.3 Å². The highest BCUT2D eigenvalue weighted by Gasteiger charge is 2.39. The van der Waals surface area contributed by atoms with E-state index in [1.165, 1.54) is 0 Å². The minimum atomic E-state index is -1.56. The molecule has 3 unspecified atom stereocenters. The summed E-state index contributed by atoms with van der Waals surface area (Å²) in [4.78, 5) is 67.0. The van der Waals surface area contributed by atoms with Crippen molar-refractivity contribution in [1.82, 2.24) is 15.5 Å². The molecule has 4 amide bonds. The number of nitrogens with one attached hydrogen (secondary N) is 2. The van der Waals surface area contributed by atoms with Crippen LogP contribution in [0.4, 0.5) is 4.79 Å². The molecule has 45 heavy (non-hydrogen) atoms. The molecule has 4 N–H and O–H groups in total. The van der Waals surface area contributed by atoms with E-state index in [9.17, 15) is 29.2 Å². The molecule has 0 spiro atoms. The van der Waals surface area contributed by atoms with Crippen LogP contribution in [0.25, 0.3) is 0 Å². The minimum Gasteiger partial charge on any atom is -0.458 e. The van der Waals surface area contributed by atoms with Crippen molar-refractivity contribution in [1.29, 1.82) is 5.26 Å². The lowest BCUT2D eigenvalue weighted by Crippen LogP contribution is -2.55. The SMILES string of the molecule is Cc1cccc(C(C(=O)NC(Cc2ccccc2)C(=O)OC(C)(C)C)N(CC#N)C(=O)C(CC(N)=O)NC(=O)OC(C)(C)C)c1. The summed E-state index contributed by atoms with van der Waals surface area (Å²) in [6, 6.07) is 13.4. The third-order valence-electron chi connectivity index (χ3n) is 6.13. The average Bonchev–Trinajstić information content (AvgIpc) is 2.90. The first-order chi connectivity index (χ1) is 20.9. The van der Waals surface area contributed by atoms with Gasteiger partial charge >= 0.3 is 12.1 Å². The van der Waals surface area contributed by atoms with Crippen LogP contribution in [0.1, 0.15) is 70.7 Å². The molecule has 0 aliphatic carbocycles. The average molecular weight is 622 g/mol. The summed E-state index contributed by atoms with van der Waals surface area (Å²) in [6.45, 7) is 11.1. The molecular weight excluding hydrogens is 578 g/mol. The molecule has 0 aliphatic heterocycles. The minimum absolute atomic E-state index is 0.0821. The first-order valence-electron chi connectivity index (χ1n) is 14.5. The normalized spacial score (nSPS) is 13.3. The highest BCUT2D eigenvalue weighted by Crippen LogP contribution is 2.25. The summed E-state index contributed by atoms with van der Waals surface area (Å²) >= 11 is 0. The number of benzene rings is 2. The van der Waals surface area contributed by atoms with E-state index < -0.39 is 72.1 Å². The lowest BCUT2D eigenvalue weighted by Gasteiger charge is -2.34. The van der Waals surface area contributed by atoms with Crippen molar-refractivity contribution in [2.24, 2.45) is 5.73 Å². The molecule has 2 aromatic rings. The Morgan fingerprint density at radius 3 is 2.04 bits per heavy atom. The lowest BCUT2D eigenvalue weighted by molar-refractivity contribution is -0.159. The number of nitriles is 1. The van der Waals surface area contributed by atoms with Crippen LogP contribution in [0.3, 0.4) is 0 Å². The third kappa shape index (κ3) is 12.3. The van der Waals surface area contributed by atoms with Gasteiger partial charge in [0, 0.05) is 6.42 Å². The number of primary amides is 1. The van der Waals surface area contributed by atoms with Gasteiger partial charge in [0.2, 0.25) is 17.7 Å². The van der Waals surface area contributed by atoms with Crippen LogP contribution >= 0.6 is 0 Å². The van der Waals surface area contributed by atoms with E-state index in [0.29, 0.717) is 5.56 Å². The molecule has 0 saturated carbocycles. The van der Waals surface area contributed by atoms with Crippen LogP contribution in [-0.4, -0.2) is 64.5 Å². The number of carbonyl (C=O) groups is 5. The van der Waals surface area contributed by atoms with Crippen molar-refractivity contribution in [3.8, 4) is 6.07 Å². The first kappa shape index (κ1) is 36.3. The summed E-state index contributed by atoms with van der Waals surface area (Å²) in [7, 11) is 0. The lowest BCUT2D eigenvalue weighted by atomic mass is 9.99. The van der Waals surface area contributed by atoms with E-state index >= 15 is 0 Å². The number of carbonyl (C=O) groups excluding carboxylic acids is 5. The molecule has 0 aliphatic rings. The number of amides is 4. The fraction of sp³-hybridized carbons (Fsp3) is 0.455. The third-order valence-corrected chi connectivity index (χ3v) is 6.13. The molecule has 12 heteroatoms. The van der Waals surface area contributed by atoms with Gasteiger partial charge in [-0.1, -0.05) is 60.2 Å². The molecule has 0 heterocycles. The second-order valence-corrected chi connectivity index (χ2v) is 12.6. The van der Waals surface area contributed by atoms with Gasteiger partial charge in [-0.25, -0.2) is 9.59 Å². The number of nitrogens with zero attached hydrogens (tertiary/aromatic N) is 2. The van der Waals surface area contributed by atoms with Gasteiger partial charge in [-0.2, -0.15) is 5.26 Å². The zero-order valence-electron chi connectivity index (χ0n) is 26.9. The first-order valence-corrected chi connectivity index (χ1v) is 14.5. The maximum absolute atomic E-state index is 14.2. The van der Waals surface area contributed by atoms with Crippen molar-refractivity contribution in [2.75, 3.05) is 6.54 Å². The van der Waals surface area contributed by atoms with Gasteiger partial charge in [0.25, 0.3) is 0 Å². The second kappa shape index (κ2) is 15.7. The molecule has 0 aromatic heterocycles. The predicted molar refractivity (Wildman–Crippen MR) is 166 cm³/mol. The van der Waals surface area contributed by atoms with Gasteiger partial charge in [-0.15, -0.1) is 0 Å². The highest BCUT2D eigenvalue weighted by atomic mass is 16.6. The van der Waals surface area contributed by atoms with Crippen LogP contribution < -0.4 is 16.4 Å². The molecule has 0 saturated heterocycles. The number of aryl methyl sites for hydroxylation is 1. The van der Waals surface area contributed by atoms with Gasteiger partial charge in [-0.05, 0) is 59.6 Å². The van der Waals surface area contributed by atoms with Crippen LogP contribution in [0.15, 0.2) is 54.6 Å². The quantitative estimate of drug-likeness (QED) is 0.239. The Kier molecular flexibility index (Phi) is 12.7. The Hall–Kier alpha value is -4.92. The number of esters is 1. The van der Waals surface area contributed by atoms with Crippen molar-refractivity contribution >= 4 is 29.8 Å². The summed E-state index contributed by atoms with van der Waals surface area (Å²) in [5.74, 6) is -3.32. The van der Waals surface area contributed by atoms with E-state index in [1.54, 1.807) is 97.0 Å². The Morgan fingerprint density at radius 1 is 0.889 bits per heavy atom. The molecule has 242 valence electrons. The van der Waals surface area contributed by atoms with Gasteiger partial charge in [0.1, 0.15) is 35.9 Å². The maximum atomic E-state index is 14.2. The van der Waals surface area contributed by atoms with Crippen LogP contribution in [0.2, 0.25) is 0 Å². The van der Waals surface area contributed by atoms with E-state index in [4.69, 9.17) is 15.2 Å². The van der Waals surface area contributed by atoms with Crippen LogP contribution in [-0.2, 0) is 35.1 Å². The molecule has 2 aromatic carbocycles. The molecule has 2 rings (SSSR count). The number of hydrogen-bond donors (Lipinski definition) is 3. The molecule has 0 radical (unpaired) electrons. The zero-order valence-corrected chi connectivity index (χ0v) is 26.9. The molecule has 3 atom stereocenters. The van der Waals surface area contributed by atoms with E-state index in [2.05, 4.69) is 10.6 Å². The Labute approximate surface area is 264 Å². The molecule has 0 bridgehead atoms. The number of nitrogens with two attached hydrogens (primary N) is 1. The van der Waals surface area contributed by atoms with Crippen molar-refractivity contribution in [3.05, 3.63) is 71.3 Å². The number of rotatable bonds is 12. The number of ether oxygens (including phenoxy) is 2. The standard InChI is InChI=1S/C33H43N5O7/c1-21-12-11-15-23(18-21)27(28(40)36-25(30(42)44-32(2,3)4)19-22-13-9-8-10-14-22)38(17-16-34)29(41)24(20-26(35)39)37-31(43)45-33(5,6)7/h8-15,18,24-25,27H,17,19-20H2,1-7H3,(H2,35,39)(H,36,40)(H,37,43). The summed E-state index contributed by atoms with van der Waals surface area (Å²) in [5, 5.41) is 14.8. The number of alkyl carbamates (subject to hydrolysis) is 1.